The number of hydrogen-bond donors (Lipinski definition) is 2. The molecule has 1 amide bonds. The fourth-order valence-electron chi connectivity index (χ4n) is 3.19. The van der Waals surface area contributed by atoms with Gasteiger partial charge in [-0.25, -0.2) is 4.98 Å². The van der Waals surface area contributed by atoms with Gasteiger partial charge in [-0.2, -0.15) is 18.3 Å². The van der Waals surface area contributed by atoms with E-state index in [2.05, 4.69) is 15.1 Å². The van der Waals surface area contributed by atoms with Gasteiger partial charge in [-0.15, -0.1) is 0 Å². The van der Waals surface area contributed by atoms with Crippen molar-refractivity contribution in [3.8, 4) is 22.9 Å². The number of nitrogens with zero attached hydrogens (tertiary/aromatic N) is 5. The van der Waals surface area contributed by atoms with Crippen molar-refractivity contribution in [3.05, 3.63) is 48.0 Å². The maximum Gasteiger partial charge on any atom is 0.408 e. The van der Waals surface area contributed by atoms with Gasteiger partial charge in [-0.1, -0.05) is 0 Å². The summed E-state index contributed by atoms with van der Waals surface area (Å²) in [7, 11) is 2.98. The number of anilines is 1. The molecule has 3 aromatic heterocycles. The summed E-state index contributed by atoms with van der Waals surface area (Å²) in [4.78, 5) is 22.8. The van der Waals surface area contributed by atoms with Crippen LogP contribution in [0.3, 0.4) is 0 Å². The Morgan fingerprint density at radius 1 is 1.12 bits per heavy atom. The van der Waals surface area contributed by atoms with Crippen LogP contribution in [0.2, 0.25) is 0 Å². The smallest absolute Gasteiger partial charge is 0.408 e. The maximum atomic E-state index is 12.7. The quantitative estimate of drug-likeness (QED) is 0.549. The van der Waals surface area contributed by atoms with Gasteiger partial charge in [0.15, 0.2) is 5.75 Å². The van der Waals surface area contributed by atoms with Crippen LogP contribution >= 0.6 is 0 Å². The topological polar surface area (TPSA) is 123 Å². The molecule has 3 aromatic rings. The van der Waals surface area contributed by atoms with E-state index in [0.29, 0.717) is 34.1 Å². The third-order valence-electron chi connectivity index (χ3n) is 4.66. The van der Waals surface area contributed by atoms with E-state index >= 15 is 0 Å². The first-order valence-electron chi connectivity index (χ1n) is 9.91. The summed E-state index contributed by atoms with van der Waals surface area (Å²) in [5.74, 6) is 0.424. The number of aliphatic hydroxyl groups excluding tert-OH is 2. The van der Waals surface area contributed by atoms with E-state index in [1.165, 1.54) is 31.5 Å². The highest BCUT2D eigenvalue weighted by molar-refractivity contribution is 6.09. The van der Waals surface area contributed by atoms with Crippen molar-refractivity contribution < 1.29 is 37.7 Å². The van der Waals surface area contributed by atoms with Crippen LogP contribution in [0.4, 0.5) is 18.9 Å². The Balaban J connectivity index is 0.000000751. The molecule has 0 saturated heterocycles. The molecule has 34 heavy (non-hydrogen) atoms. The number of halogens is 3. The summed E-state index contributed by atoms with van der Waals surface area (Å²) in [6, 6.07) is 5.03. The molecule has 0 spiro atoms. The number of methoxy groups -OCH3 is 2. The van der Waals surface area contributed by atoms with Gasteiger partial charge >= 0.3 is 6.18 Å². The van der Waals surface area contributed by atoms with Crippen molar-refractivity contribution in [1.29, 1.82) is 0 Å². The number of rotatable bonds is 6. The minimum absolute atomic E-state index is 0.125. The molecule has 1 aliphatic heterocycles. The molecule has 4 rings (SSSR count). The summed E-state index contributed by atoms with van der Waals surface area (Å²) in [5, 5.41) is 18.9. The SMILES string of the molecule is COc1cc(-c2ccc3c(n2)CN(c2cnn(CC(F)(F)F)c2)C3=O)cnc1OC.OCCO. The summed E-state index contributed by atoms with van der Waals surface area (Å²) >= 11 is 0. The number of aliphatic hydroxyl groups is 2. The average molecular weight is 481 g/mol. The van der Waals surface area contributed by atoms with Crippen molar-refractivity contribution in [2.75, 3.05) is 32.3 Å². The van der Waals surface area contributed by atoms with Gasteiger partial charge in [0.1, 0.15) is 6.54 Å². The lowest BCUT2D eigenvalue weighted by atomic mass is 10.1. The number of hydrogen-bond acceptors (Lipinski definition) is 8. The van der Waals surface area contributed by atoms with E-state index < -0.39 is 12.7 Å². The van der Waals surface area contributed by atoms with Crippen LogP contribution < -0.4 is 14.4 Å². The normalized spacial score (nSPS) is 12.8. The molecule has 4 heterocycles. The molecule has 10 nitrogen and oxygen atoms in total. The van der Waals surface area contributed by atoms with Crippen LogP contribution in [0.25, 0.3) is 11.3 Å². The number of ether oxygens (including phenoxy) is 2. The zero-order valence-electron chi connectivity index (χ0n) is 18.3. The molecule has 13 heteroatoms. The lowest BCUT2D eigenvalue weighted by Gasteiger charge is -2.12. The predicted molar refractivity (Wildman–Crippen MR) is 114 cm³/mol. The van der Waals surface area contributed by atoms with E-state index in [-0.39, 0.29) is 31.4 Å². The summed E-state index contributed by atoms with van der Waals surface area (Å²) in [5.41, 5.74) is 2.41. The van der Waals surface area contributed by atoms with Crippen LogP contribution in [0.15, 0.2) is 36.8 Å². The molecule has 182 valence electrons. The highest BCUT2D eigenvalue weighted by Gasteiger charge is 2.32. The first kappa shape index (κ1) is 24.9. The van der Waals surface area contributed by atoms with Gasteiger partial charge in [-0.3, -0.25) is 19.4 Å². The third-order valence-corrected chi connectivity index (χ3v) is 4.66. The van der Waals surface area contributed by atoms with Crippen molar-refractivity contribution >= 4 is 11.6 Å². The molecule has 0 bridgehead atoms. The number of carbonyl (C=O) groups excluding carboxylic acids is 1. The number of aromatic nitrogens is 4. The Bertz CT molecular complexity index is 1150. The predicted octanol–water partition coefficient (Wildman–Crippen LogP) is 2.05. The second kappa shape index (κ2) is 10.5. The molecule has 0 atom stereocenters. The average Bonchev–Trinajstić information content (AvgIpc) is 3.41. The highest BCUT2D eigenvalue weighted by Crippen LogP contribution is 2.32. The fourth-order valence-corrected chi connectivity index (χ4v) is 3.19. The molecule has 1 aliphatic rings. The van der Waals surface area contributed by atoms with Crippen LogP contribution in [0, 0.1) is 0 Å². The van der Waals surface area contributed by atoms with Gasteiger partial charge in [0.2, 0.25) is 0 Å². The maximum absolute atomic E-state index is 12.7. The van der Waals surface area contributed by atoms with Crippen LogP contribution in [-0.4, -0.2) is 69.5 Å². The van der Waals surface area contributed by atoms with Gasteiger partial charge in [-0.05, 0) is 18.2 Å². The van der Waals surface area contributed by atoms with E-state index in [1.54, 1.807) is 24.4 Å². The summed E-state index contributed by atoms with van der Waals surface area (Å²) < 4.78 is 48.8. The molecule has 0 unspecified atom stereocenters. The lowest BCUT2D eigenvalue weighted by molar-refractivity contribution is -0.142. The molecule has 0 saturated carbocycles. The third kappa shape index (κ3) is 5.61. The van der Waals surface area contributed by atoms with E-state index in [9.17, 15) is 18.0 Å². The molecule has 2 N–H and O–H groups in total. The summed E-state index contributed by atoms with van der Waals surface area (Å²) in [6.07, 6.45) is -0.401. The molecular weight excluding hydrogens is 459 g/mol. The largest absolute Gasteiger partial charge is 0.491 e. The lowest BCUT2D eigenvalue weighted by Crippen LogP contribution is -2.22. The van der Waals surface area contributed by atoms with E-state index in [1.807, 2.05) is 0 Å². The molecule has 0 radical (unpaired) electrons. The van der Waals surface area contributed by atoms with Gasteiger partial charge in [0, 0.05) is 18.0 Å². The van der Waals surface area contributed by atoms with Crippen LogP contribution in [-0.2, 0) is 13.1 Å². The number of carbonyl (C=O) groups is 1. The Labute approximate surface area is 192 Å². The number of alkyl halides is 3. The van der Waals surface area contributed by atoms with E-state index in [0.717, 1.165) is 4.68 Å². The van der Waals surface area contributed by atoms with Crippen LogP contribution in [0.5, 0.6) is 11.6 Å². The summed E-state index contributed by atoms with van der Waals surface area (Å²) in [6.45, 7) is -1.35. The molecule has 0 aromatic carbocycles. The highest BCUT2D eigenvalue weighted by atomic mass is 19.4. The first-order valence-corrected chi connectivity index (χ1v) is 9.91. The van der Waals surface area contributed by atoms with Crippen LogP contribution in [0.1, 0.15) is 16.1 Å². The second-order valence-corrected chi connectivity index (χ2v) is 6.98. The van der Waals surface area contributed by atoms with Crippen molar-refractivity contribution in [2.24, 2.45) is 0 Å². The minimum Gasteiger partial charge on any atom is -0.491 e. The second-order valence-electron chi connectivity index (χ2n) is 6.98. The number of pyridine rings is 2. The molecular formula is C21H22F3N5O5. The zero-order valence-corrected chi connectivity index (χ0v) is 18.3. The van der Waals surface area contributed by atoms with Crippen molar-refractivity contribution in [3.63, 3.8) is 0 Å². The Morgan fingerprint density at radius 2 is 1.85 bits per heavy atom. The standard InChI is InChI=1S/C19H16F3N5O3.C2H6O2/c1-29-16-5-11(6-23-17(16)30-2)14-4-3-13-15(25-14)9-27(18(13)28)12-7-24-26(8-12)10-19(20,21)22;3-1-2-4/h3-8H,9-10H2,1-2H3;3-4H,1-2H2. The Morgan fingerprint density at radius 3 is 2.47 bits per heavy atom. The Kier molecular flexibility index (Phi) is 7.68. The van der Waals surface area contributed by atoms with E-state index in [4.69, 9.17) is 19.7 Å². The van der Waals surface area contributed by atoms with Gasteiger partial charge < -0.3 is 19.7 Å². The first-order chi connectivity index (χ1) is 16.2. The van der Waals surface area contributed by atoms with Crippen molar-refractivity contribution in [1.82, 2.24) is 19.7 Å². The Hall–Kier alpha value is -3.71. The van der Waals surface area contributed by atoms with Crippen molar-refractivity contribution in [2.45, 2.75) is 19.3 Å². The fraction of sp³-hybridized carbons (Fsp3) is 0.333. The van der Waals surface area contributed by atoms with Gasteiger partial charge in [0.05, 0.1) is 62.8 Å². The monoisotopic (exact) mass is 481 g/mol. The minimum atomic E-state index is -4.40. The molecule has 0 fully saturated rings. The number of fused-ring (bicyclic) bond motifs is 1. The molecule has 0 aliphatic carbocycles. The number of amides is 1. The zero-order chi connectivity index (χ0) is 24.9. The van der Waals surface area contributed by atoms with Gasteiger partial charge in [0.25, 0.3) is 11.8 Å².